The van der Waals surface area contributed by atoms with Gasteiger partial charge in [0.2, 0.25) is 0 Å². The van der Waals surface area contributed by atoms with Gasteiger partial charge in [-0.2, -0.15) is 5.10 Å². The summed E-state index contributed by atoms with van der Waals surface area (Å²) in [5, 5.41) is 15.9. The molecule has 0 aromatic carbocycles. The molecular formula is C14H14N8O. The van der Waals surface area contributed by atoms with E-state index in [0.29, 0.717) is 12.2 Å². The molecule has 3 aromatic rings. The Morgan fingerprint density at radius 1 is 1.22 bits per heavy atom. The zero-order chi connectivity index (χ0) is 16.2. The summed E-state index contributed by atoms with van der Waals surface area (Å²) in [4.78, 5) is 15.5. The highest BCUT2D eigenvalue weighted by molar-refractivity contribution is 5.91. The number of pyridine rings is 1. The van der Waals surface area contributed by atoms with E-state index in [9.17, 15) is 4.79 Å². The number of rotatable bonds is 4. The minimum atomic E-state index is -0.487. The summed E-state index contributed by atoms with van der Waals surface area (Å²) in [6, 6.07) is 7.09. The van der Waals surface area contributed by atoms with E-state index in [1.807, 2.05) is 24.5 Å². The molecule has 0 spiro atoms. The van der Waals surface area contributed by atoms with Crippen LogP contribution < -0.4 is 11.3 Å². The van der Waals surface area contributed by atoms with Crippen molar-refractivity contribution in [2.24, 2.45) is 5.84 Å². The average Bonchev–Trinajstić information content (AvgIpc) is 3.04. The van der Waals surface area contributed by atoms with E-state index >= 15 is 0 Å². The number of nitrogens with one attached hydrogen (secondary N) is 1. The maximum atomic E-state index is 11.3. The first kappa shape index (κ1) is 14.7. The molecule has 0 aliphatic carbocycles. The van der Waals surface area contributed by atoms with Crippen LogP contribution in [0.25, 0.3) is 11.3 Å². The zero-order valence-corrected chi connectivity index (χ0v) is 12.3. The summed E-state index contributed by atoms with van der Waals surface area (Å²) in [7, 11) is 0. The van der Waals surface area contributed by atoms with E-state index in [2.05, 4.69) is 25.5 Å². The van der Waals surface area contributed by atoms with Crippen LogP contribution in [0, 0.1) is 6.92 Å². The van der Waals surface area contributed by atoms with Crippen LogP contribution in [0.5, 0.6) is 0 Å². The zero-order valence-electron chi connectivity index (χ0n) is 12.3. The third-order valence-corrected chi connectivity index (χ3v) is 3.15. The summed E-state index contributed by atoms with van der Waals surface area (Å²) in [5.41, 5.74) is 5.37. The minimum Gasteiger partial charge on any atom is -0.289 e. The number of nitrogens with two attached hydrogens (primary N) is 1. The molecule has 23 heavy (non-hydrogen) atoms. The SMILES string of the molecule is Cc1ccc(-c2cn(Cc3ccc(C(=O)NN)nn3)nn2)cn1. The van der Waals surface area contributed by atoms with Gasteiger partial charge in [0.1, 0.15) is 5.69 Å². The van der Waals surface area contributed by atoms with Crippen LogP contribution in [0.1, 0.15) is 21.9 Å². The fourth-order valence-corrected chi connectivity index (χ4v) is 1.93. The van der Waals surface area contributed by atoms with Gasteiger partial charge < -0.3 is 0 Å². The van der Waals surface area contributed by atoms with Crippen LogP contribution in [0.2, 0.25) is 0 Å². The van der Waals surface area contributed by atoms with Crippen molar-refractivity contribution >= 4 is 5.91 Å². The van der Waals surface area contributed by atoms with Crippen molar-refractivity contribution in [2.45, 2.75) is 13.5 Å². The first-order valence-electron chi connectivity index (χ1n) is 6.82. The van der Waals surface area contributed by atoms with Crippen LogP contribution in [0.3, 0.4) is 0 Å². The molecule has 3 aromatic heterocycles. The number of hydrogen-bond acceptors (Lipinski definition) is 7. The molecule has 9 nitrogen and oxygen atoms in total. The van der Waals surface area contributed by atoms with Gasteiger partial charge in [0, 0.05) is 17.5 Å². The minimum absolute atomic E-state index is 0.154. The molecule has 9 heteroatoms. The molecule has 0 radical (unpaired) electrons. The molecular weight excluding hydrogens is 296 g/mol. The Morgan fingerprint density at radius 2 is 2.09 bits per heavy atom. The maximum absolute atomic E-state index is 11.3. The molecule has 0 bridgehead atoms. The Morgan fingerprint density at radius 3 is 2.74 bits per heavy atom. The highest BCUT2D eigenvalue weighted by atomic mass is 16.2. The highest BCUT2D eigenvalue weighted by Gasteiger charge is 2.08. The molecule has 3 N–H and O–H groups in total. The third kappa shape index (κ3) is 3.35. The van der Waals surface area contributed by atoms with Gasteiger partial charge in [-0.25, -0.2) is 10.5 Å². The lowest BCUT2D eigenvalue weighted by atomic mass is 10.2. The molecule has 0 fully saturated rings. The number of carbonyl (C=O) groups excluding carboxylic acids is 1. The summed E-state index contributed by atoms with van der Waals surface area (Å²) in [6.45, 7) is 2.32. The van der Waals surface area contributed by atoms with E-state index in [-0.39, 0.29) is 5.69 Å². The molecule has 0 aliphatic rings. The number of nitrogens with zero attached hydrogens (tertiary/aromatic N) is 6. The maximum Gasteiger partial charge on any atom is 0.285 e. The van der Waals surface area contributed by atoms with Gasteiger partial charge in [-0.05, 0) is 31.2 Å². The predicted molar refractivity (Wildman–Crippen MR) is 80.8 cm³/mol. The smallest absolute Gasteiger partial charge is 0.285 e. The number of hydrogen-bond donors (Lipinski definition) is 2. The van der Waals surface area contributed by atoms with Crippen molar-refractivity contribution in [1.29, 1.82) is 0 Å². The first-order chi connectivity index (χ1) is 11.2. The van der Waals surface area contributed by atoms with Gasteiger partial charge in [-0.3, -0.25) is 15.2 Å². The van der Waals surface area contributed by atoms with Gasteiger partial charge in [-0.1, -0.05) is 5.21 Å². The molecule has 0 atom stereocenters. The van der Waals surface area contributed by atoms with Crippen molar-refractivity contribution in [1.82, 2.24) is 35.6 Å². The number of hydrazine groups is 1. The lowest BCUT2D eigenvalue weighted by molar-refractivity contribution is 0.0947. The van der Waals surface area contributed by atoms with Crippen molar-refractivity contribution in [3.63, 3.8) is 0 Å². The summed E-state index contributed by atoms with van der Waals surface area (Å²) in [6.07, 6.45) is 3.55. The molecule has 3 rings (SSSR count). The Bertz CT molecular complexity index is 810. The first-order valence-corrected chi connectivity index (χ1v) is 6.82. The molecule has 3 heterocycles. The van der Waals surface area contributed by atoms with Crippen LogP contribution in [0.4, 0.5) is 0 Å². The normalized spacial score (nSPS) is 10.5. The molecule has 0 saturated carbocycles. The van der Waals surface area contributed by atoms with Crippen molar-refractivity contribution in [3.8, 4) is 11.3 Å². The Balaban J connectivity index is 1.74. The number of nitrogen functional groups attached to an aromatic ring is 1. The molecule has 0 saturated heterocycles. The van der Waals surface area contributed by atoms with Crippen LogP contribution in [-0.4, -0.2) is 36.1 Å². The van der Waals surface area contributed by atoms with E-state index < -0.39 is 5.91 Å². The predicted octanol–water partition coefficient (Wildman–Crippen LogP) is 0.0903. The van der Waals surface area contributed by atoms with E-state index in [1.165, 1.54) is 0 Å². The lowest BCUT2D eigenvalue weighted by Gasteiger charge is -2.01. The van der Waals surface area contributed by atoms with Crippen LogP contribution in [0.15, 0.2) is 36.7 Å². The van der Waals surface area contributed by atoms with E-state index in [1.54, 1.807) is 29.2 Å². The average molecular weight is 310 g/mol. The lowest BCUT2D eigenvalue weighted by Crippen LogP contribution is -2.31. The van der Waals surface area contributed by atoms with Crippen molar-refractivity contribution in [3.05, 3.63) is 53.7 Å². The third-order valence-electron chi connectivity index (χ3n) is 3.15. The Hall–Kier alpha value is -3.20. The molecule has 0 aliphatic heterocycles. The van der Waals surface area contributed by atoms with Gasteiger partial charge in [0.15, 0.2) is 5.69 Å². The number of carbonyl (C=O) groups is 1. The topological polar surface area (TPSA) is 124 Å². The molecule has 0 unspecified atom stereocenters. The van der Waals surface area contributed by atoms with Gasteiger partial charge in [-0.15, -0.1) is 10.2 Å². The molecule has 1 amide bonds. The van der Waals surface area contributed by atoms with Crippen LogP contribution in [-0.2, 0) is 6.54 Å². The summed E-state index contributed by atoms with van der Waals surface area (Å²) < 4.78 is 1.64. The van der Waals surface area contributed by atoms with E-state index in [0.717, 1.165) is 17.0 Å². The second-order valence-corrected chi connectivity index (χ2v) is 4.87. The fourth-order valence-electron chi connectivity index (χ4n) is 1.93. The van der Waals surface area contributed by atoms with Crippen LogP contribution >= 0.6 is 0 Å². The van der Waals surface area contributed by atoms with Gasteiger partial charge in [0.25, 0.3) is 5.91 Å². The number of aromatic nitrogens is 6. The second kappa shape index (κ2) is 6.28. The van der Waals surface area contributed by atoms with Crippen molar-refractivity contribution in [2.75, 3.05) is 0 Å². The monoisotopic (exact) mass is 310 g/mol. The number of aryl methyl sites for hydroxylation is 1. The highest BCUT2D eigenvalue weighted by Crippen LogP contribution is 2.15. The second-order valence-electron chi connectivity index (χ2n) is 4.87. The largest absolute Gasteiger partial charge is 0.289 e. The Labute approximate surface area is 131 Å². The quantitative estimate of drug-likeness (QED) is 0.397. The summed E-state index contributed by atoms with van der Waals surface area (Å²) >= 11 is 0. The molecule has 116 valence electrons. The van der Waals surface area contributed by atoms with Crippen molar-refractivity contribution < 1.29 is 4.79 Å². The summed E-state index contributed by atoms with van der Waals surface area (Å²) in [5.74, 6) is 4.55. The number of amides is 1. The Kier molecular flexibility index (Phi) is 4.02. The fraction of sp³-hybridized carbons (Fsp3) is 0.143. The standard InChI is InChI=1S/C14H14N8O/c1-9-2-3-10(6-16-9)13-8-22(21-20-13)7-11-4-5-12(19-18-11)14(23)17-15/h2-6,8H,7,15H2,1H3,(H,17,23). The van der Waals surface area contributed by atoms with E-state index in [4.69, 9.17) is 5.84 Å². The van der Waals surface area contributed by atoms with Gasteiger partial charge in [0.05, 0.1) is 18.4 Å². The van der Waals surface area contributed by atoms with Gasteiger partial charge >= 0.3 is 0 Å².